The van der Waals surface area contributed by atoms with Gasteiger partial charge in [-0.05, 0) is 59.3 Å². The van der Waals surface area contributed by atoms with Gasteiger partial charge in [0.25, 0.3) is 0 Å². The van der Waals surface area contributed by atoms with Crippen LogP contribution in [-0.4, -0.2) is 33.2 Å². The molecule has 0 aromatic heterocycles. The highest BCUT2D eigenvalue weighted by atomic mass is 16.4. The standard InChI is InChI=1S/C15H27NO4/c1-14(2)8-10(9-15(3,4)16-14)11(13(19)20)6-5-7-12(17)18/h10-11,16H,5-9H2,1-4H3,(H,17,18)(H,19,20). The van der Waals surface area contributed by atoms with Crippen LogP contribution in [0.1, 0.15) is 59.8 Å². The lowest BCUT2D eigenvalue weighted by molar-refractivity contribution is -0.146. The van der Waals surface area contributed by atoms with Crippen molar-refractivity contribution < 1.29 is 19.8 Å². The number of carboxylic acids is 2. The number of aliphatic carboxylic acids is 2. The maximum Gasteiger partial charge on any atom is 0.306 e. The van der Waals surface area contributed by atoms with Crippen LogP contribution in [-0.2, 0) is 9.59 Å². The van der Waals surface area contributed by atoms with Crippen molar-refractivity contribution in [3.05, 3.63) is 0 Å². The van der Waals surface area contributed by atoms with E-state index >= 15 is 0 Å². The van der Waals surface area contributed by atoms with Gasteiger partial charge in [0.15, 0.2) is 0 Å². The smallest absolute Gasteiger partial charge is 0.306 e. The van der Waals surface area contributed by atoms with Gasteiger partial charge in [0.1, 0.15) is 0 Å². The molecule has 0 aromatic rings. The van der Waals surface area contributed by atoms with Crippen LogP contribution in [0.5, 0.6) is 0 Å². The van der Waals surface area contributed by atoms with Gasteiger partial charge in [-0.1, -0.05) is 0 Å². The predicted octanol–water partition coefficient (Wildman–Crippen LogP) is 2.50. The van der Waals surface area contributed by atoms with Crippen molar-refractivity contribution in [1.29, 1.82) is 0 Å². The Balaban J connectivity index is 2.75. The molecule has 20 heavy (non-hydrogen) atoms. The number of carboxylic acid groups (broad SMARTS) is 2. The molecule has 0 saturated carbocycles. The lowest BCUT2D eigenvalue weighted by Crippen LogP contribution is -2.59. The minimum Gasteiger partial charge on any atom is -0.481 e. The van der Waals surface area contributed by atoms with Crippen LogP contribution in [0.25, 0.3) is 0 Å². The number of hydrogen-bond acceptors (Lipinski definition) is 3. The Labute approximate surface area is 120 Å². The summed E-state index contributed by atoms with van der Waals surface area (Å²) in [5.74, 6) is -2.02. The van der Waals surface area contributed by atoms with Crippen molar-refractivity contribution in [1.82, 2.24) is 5.32 Å². The fraction of sp³-hybridized carbons (Fsp3) is 0.867. The molecule has 3 N–H and O–H groups in total. The third-order valence-corrected chi connectivity index (χ3v) is 4.01. The maximum atomic E-state index is 11.5. The first-order valence-electron chi connectivity index (χ1n) is 7.26. The summed E-state index contributed by atoms with van der Waals surface area (Å²) in [7, 11) is 0. The molecule has 1 aliphatic rings. The summed E-state index contributed by atoms with van der Waals surface area (Å²) >= 11 is 0. The number of rotatable bonds is 6. The number of piperidine rings is 1. The summed E-state index contributed by atoms with van der Waals surface area (Å²) in [6.45, 7) is 8.38. The van der Waals surface area contributed by atoms with E-state index in [2.05, 4.69) is 33.0 Å². The third-order valence-electron chi connectivity index (χ3n) is 4.01. The van der Waals surface area contributed by atoms with Gasteiger partial charge in [-0.25, -0.2) is 0 Å². The van der Waals surface area contributed by atoms with E-state index in [0.717, 1.165) is 12.8 Å². The van der Waals surface area contributed by atoms with E-state index in [-0.39, 0.29) is 23.4 Å². The van der Waals surface area contributed by atoms with Crippen LogP contribution < -0.4 is 5.32 Å². The Hall–Kier alpha value is -1.10. The van der Waals surface area contributed by atoms with Gasteiger partial charge in [-0.2, -0.15) is 0 Å². The fourth-order valence-corrected chi connectivity index (χ4v) is 3.72. The van der Waals surface area contributed by atoms with E-state index in [9.17, 15) is 14.7 Å². The summed E-state index contributed by atoms with van der Waals surface area (Å²) in [6, 6.07) is 0. The van der Waals surface area contributed by atoms with Gasteiger partial charge in [-0.3, -0.25) is 9.59 Å². The first-order chi connectivity index (χ1) is 9.02. The summed E-state index contributed by atoms with van der Waals surface area (Å²) in [5, 5.41) is 21.7. The van der Waals surface area contributed by atoms with Gasteiger partial charge in [0, 0.05) is 17.5 Å². The molecule has 0 radical (unpaired) electrons. The normalized spacial score (nSPS) is 23.2. The molecule has 0 aliphatic carbocycles. The molecule has 1 rings (SSSR count). The summed E-state index contributed by atoms with van der Waals surface area (Å²) in [5.41, 5.74) is -0.181. The quantitative estimate of drug-likeness (QED) is 0.698. The third kappa shape index (κ3) is 5.12. The first kappa shape index (κ1) is 17.0. The van der Waals surface area contributed by atoms with Gasteiger partial charge in [0.05, 0.1) is 5.92 Å². The molecule has 1 heterocycles. The summed E-state index contributed by atoms with van der Waals surface area (Å²) in [6.07, 6.45) is 2.53. The molecule has 0 spiro atoms. The molecule has 1 aliphatic heterocycles. The predicted molar refractivity (Wildman–Crippen MR) is 76.6 cm³/mol. The Morgan fingerprint density at radius 3 is 2.05 bits per heavy atom. The molecular formula is C15H27NO4. The molecule has 0 bridgehead atoms. The second-order valence-electron chi connectivity index (χ2n) is 7.29. The van der Waals surface area contributed by atoms with E-state index in [1.807, 2.05) is 0 Å². The number of hydrogen-bond donors (Lipinski definition) is 3. The van der Waals surface area contributed by atoms with E-state index in [1.165, 1.54) is 0 Å². The van der Waals surface area contributed by atoms with Crippen LogP contribution in [0.4, 0.5) is 0 Å². The monoisotopic (exact) mass is 285 g/mol. The molecule has 5 nitrogen and oxygen atoms in total. The second kappa shape index (κ2) is 6.12. The minimum absolute atomic E-state index is 0.0432. The lowest BCUT2D eigenvalue weighted by atomic mass is 9.69. The minimum atomic E-state index is -0.861. The highest BCUT2D eigenvalue weighted by molar-refractivity contribution is 5.71. The molecular weight excluding hydrogens is 258 g/mol. The van der Waals surface area contributed by atoms with Crippen molar-refractivity contribution in [2.24, 2.45) is 11.8 Å². The zero-order chi connectivity index (χ0) is 15.6. The Morgan fingerprint density at radius 2 is 1.65 bits per heavy atom. The SMILES string of the molecule is CC1(C)CC(C(CCCC(=O)O)C(=O)O)CC(C)(C)N1. The highest BCUT2D eigenvalue weighted by Crippen LogP contribution is 2.38. The zero-order valence-corrected chi connectivity index (χ0v) is 12.9. The topological polar surface area (TPSA) is 86.6 Å². The lowest BCUT2D eigenvalue weighted by Gasteiger charge is -2.48. The number of nitrogens with one attached hydrogen (secondary N) is 1. The van der Waals surface area contributed by atoms with E-state index < -0.39 is 17.9 Å². The molecule has 1 fully saturated rings. The molecule has 0 aromatic carbocycles. The van der Waals surface area contributed by atoms with Gasteiger partial charge in [0.2, 0.25) is 0 Å². The van der Waals surface area contributed by atoms with E-state index in [0.29, 0.717) is 12.8 Å². The van der Waals surface area contributed by atoms with Gasteiger partial charge < -0.3 is 15.5 Å². The van der Waals surface area contributed by atoms with E-state index in [1.54, 1.807) is 0 Å². The molecule has 0 amide bonds. The molecule has 5 heteroatoms. The Morgan fingerprint density at radius 1 is 1.15 bits per heavy atom. The molecule has 1 atom stereocenters. The fourth-order valence-electron chi connectivity index (χ4n) is 3.72. The highest BCUT2D eigenvalue weighted by Gasteiger charge is 2.42. The summed E-state index contributed by atoms with van der Waals surface area (Å²) in [4.78, 5) is 22.1. The summed E-state index contributed by atoms with van der Waals surface area (Å²) < 4.78 is 0. The second-order valence-corrected chi connectivity index (χ2v) is 7.29. The Kier molecular flexibility index (Phi) is 5.19. The van der Waals surface area contributed by atoms with Crippen molar-refractivity contribution in [2.75, 3.05) is 0 Å². The largest absolute Gasteiger partial charge is 0.481 e. The van der Waals surface area contributed by atoms with Gasteiger partial charge >= 0.3 is 11.9 Å². The van der Waals surface area contributed by atoms with Crippen LogP contribution in [0.3, 0.4) is 0 Å². The van der Waals surface area contributed by atoms with Crippen molar-refractivity contribution in [3.63, 3.8) is 0 Å². The van der Waals surface area contributed by atoms with Gasteiger partial charge in [-0.15, -0.1) is 0 Å². The van der Waals surface area contributed by atoms with Crippen LogP contribution in [0, 0.1) is 11.8 Å². The molecule has 1 unspecified atom stereocenters. The van der Waals surface area contributed by atoms with Crippen molar-refractivity contribution in [2.45, 2.75) is 70.9 Å². The van der Waals surface area contributed by atoms with Crippen LogP contribution in [0.2, 0.25) is 0 Å². The average Bonchev–Trinajstić information content (AvgIpc) is 2.18. The number of carbonyl (C=O) groups is 2. The molecule has 116 valence electrons. The first-order valence-corrected chi connectivity index (χ1v) is 7.26. The van der Waals surface area contributed by atoms with Crippen molar-refractivity contribution >= 4 is 11.9 Å². The van der Waals surface area contributed by atoms with Crippen molar-refractivity contribution in [3.8, 4) is 0 Å². The zero-order valence-electron chi connectivity index (χ0n) is 12.9. The maximum absolute atomic E-state index is 11.5. The van der Waals surface area contributed by atoms with E-state index in [4.69, 9.17) is 5.11 Å². The Bertz CT molecular complexity index is 360. The van der Waals surface area contributed by atoms with Crippen LogP contribution >= 0.6 is 0 Å². The average molecular weight is 285 g/mol. The van der Waals surface area contributed by atoms with Crippen LogP contribution in [0.15, 0.2) is 0 Å². The molecule has 1 saturated heterocycles.